The number of benzene rings is 1. The lowest BCUT2D eigenvalue weighted by Gasteiger charge is -2.15. The topological polar surface area (TPSA) is 79.3 Å². The summed E-state index contributed by atoms with van der Waals surface area (Å²) in [6.45, 7) is 5.87. The Hall–Kier alpha value is -2.32. The summed E-state index contributed by atoms with van der Waals surface area (Å²) in [6.07, 6.45) is 0. The van der Waals surface area contributed by atoms with Crippen molar-refractivity contribution >= 4 is 40.3 Å². The molecule has 1 aliphatic heterocycles. The molecule has 1 aromatic heterocycles. The Labute approximate surface area is 161 Å². The predicted octanol–water partition coefficient (Wildman–Crippen LogP) is 3.22. The van der Waals surface area contributed by atoms with Crippen LogP contribution in [-0.2, 0) is 4.79 Å². The minimum absolute atomic E-state index is 0.141. The highest BCUT2D eigenvalue weighted by molar-refractivity contribution is 8.16. The van der Waals surface area contributed by atoms with Crippen LogP contribution >= 0.6 is 23.5 Å². The van der Waals surface area contributed by atoms with E-state index in [1.165, 1.54) is 29.1 Å². The molecule has 0 fully saturated rings. The molecule has 0 radical (unpaired) electrons. The highest BCUT2D eigenvalue weighted by Crippen LogP contribution is 2.21. The summed E-state index contributed by atoms with van der Waals surface area (Å²) in [5, 5.41) is 10.1. The molecule has 8 heteroatoms. The molecule has 0 bridgehead atoms. The molecule has 1 aliphatic rings. The average molecular weight is 386 g/mol. The molecule has 0 aliphatic carbocycles. The van der Waals surface area contributed by atoms with E-state index in [2.05, 4.69) is 37.9 Å². The lowest BCUT2D eigenvalue weighted by Crippen LogP contribution is -2.32. The number of thioether (sulfide) groups is 2. The Balaban J connectivity index is 1.50. The van der Waals surface area contributed by atoms with Crippen LogP contribution in [0.1, 0.15) is 22.5 Å². The summed E-state index contributed by atoms with van der Waals surface area (Å²) >= 11 is 2.69. The van der Waals surface area contributed by atoms with Crippen LogP contribution in [0, 0.1) is 20.8 Å². The molecular formula is C18H19N5OS2. The molecule has 2 aromatic rings. The molecule has 0 saturated carbocycles. The first-order valence-electron chi connectivity index (χ1n) is 8.02. The minimum Gasteiger partial charge on any atom is -0.303 e. The van der Waals surface area contributed by atoms with E-state index < -0.39 is 0 Å². The average Bonchev–Trinajstić information content (AvgIpc) is 2.61. The van der Waals surface area contributed by atoms with Gasteiger partial charge in [-0.2, -0.15) is 0 Å². The number of rotatable bonds is 4. The Morgan fingerprint density at radius 3 is 2.46 bits per heavy atom. The third kappa shape index (κ3) is 5.09. The van der Waals surface area contributed by atoms with Crippen LogP contribution in [0.5, 0.6) is 0 Å². The van der Waals surface area contributed by atoms with Gasteiger partial charge in [-0.25, -0.2) is 9.97 Å². The van der Waals surface area contributed by atoms with Gasteiger partial charge in [0.05, 0.1) is 11.4 Å². The second-order valence-electron chi connectivity index (χ2n) is 5.81. The molecule has 3 rings (SSSR count). The molecular weight excluding hydrogens is 366 g/mol. The van der Waals surface area contributed by atoms with Crippen molar-refractivity contribution in [1.82, 2.24) is 20.7 Å². The number of aromatic nitrogens is 2. The van der Waals surface area contributed by atoms with Gasteiger partial charge < -0.3 is 5.32 Å². The number of nitrogens with one attached hydrogen (secondary N) is 2. The van der Waals surface area contributed by atoms with E-state index in [-0.39, 0.29) is 11.7 Å². The summed E-state index contributed by atoms with van der Waals surface area (Å²) in [7, 11) is 0. The van der Waals surface area contributed by atoms with Gasteiger partial charge in [0.2, 0.25) is 5.91 Å². The third-order valence-electron chi connectivity index (χ3n) is 3.47. The van der Waals surface area contributed by atoms with Gasteiger partial charge in [-0.05, 0) is 26.8 Å². The van der Waals surface area contributed by atoms with Gasteiger partial charge in [0.1, 0.15) is 0 Å². The SMILES string of the molecule is Cc1ccc(C2=CSC(NC(=O)CSc3nc(C)cc(C)n3)=NN2)cc1. The smallest absolute Gasteiger partial charge is 0.236 e. The summed E-state index contributed by atoms with van der Waals surface area (Å²) in [6, 6.07) is 10.1. The second-order valence-corrected chi connectivity index (χ2v) is 7.61. The first kappa shape index (κ1) is 18.5. The fourth-order valence-electron chi connectivity index (χ4n) is 2.25. The van der Waals surface area contributed by atoms with Crippen LogP contribution in [0.3, 0.4) is 0 Å². The maximum atomic E-state index is 12.1. The monoisotopic (exact) mass is 385 g/mol. The van der Waals surface area contributed by atoms with E-state index in [1.54, 1.807) is 0 Å². The lowest BCUT2D eigenvalue weighted by atomic mass is 10.1. The molecule has 0 atom stereocenters. The van der Waals surface area contributed by atoms with Gasteiger partial charge in [0, 0.05) is 22.4 Å². The summed E-state index contributed by atoms with van der Waals surface area (Å²) < 4.78 is 0. The highest BCUT2D eigenvalue weighted by atomic mass is 32.2. The van der Waals surface area contributed by atoms with Gasteiger partial charge >= 0.3 is 0 Å². The van der Waals surface area contributed by atoms with E-state index in [0.717, 1.165) is 22.6 Å². The van der Waals surface area contributed by atoms with Crippen LogP contribution in [0.25, 0.3) is 5.70 Å². The normalized spacial score (nSPS) is 13.5. The number of aryl methyl sites for hydroxylation is 3. The minimum atomic E-state index is -0.141. The molecule has 1 aromatic carbocycles. The Kier molecular flexibility index (Phi) is 5.95. The highest BCUT2D eigenvalue weighted by Gasteiger charge is 2.13. The van der Waals surface area contributed by atoms with E-state index in [9.17, 15) is 4.79 Å². The molecule has 1 amide bonds. The standard InChI is InChI=1S/C18H19N5OS2/c1-11-4-6-14(7-5-11)15-9-25-18(23-22-15)21-16(24)10-26-17-19-12(2)8-13(3)20-17/h4-9,22H,10H2,1-3H3,(H,21,23,24). The van der Waals surface area contributed by atoms with Gasteiger partial charge in [0.15, 0.2) is 10.3 Å². The maximum absolute atomic E-state index is 12.1. The largest absolute Gasteiger partial charge is 0.303 e. The van der Waals surface area contributed by atoms with Crippen molar-refractivity contribution in [2.24, 2.45) is 5.10 Å². The van der Waals surface area contributed by atoms with Crippen molar-refractivity contribution in [2.75, 3.05) is 5.75 Å². The number of carbonyl (C=O) groups excluding carboxylic acids is 1. The first-order chi connectivity index (χ1) is 12.5. The summed E-state index contributed by atoms with van der Waals surface area (Å²) in [4.78, 5) is 20.7. The van der Waals surface area contributed by atoms with Crippen molar-refractivity contribution < 1.29 is 4.79 Å². The maximum Gasteiger partial charge on any atom is 0.236 e. The summed E-state index contributed by atoms with van der Waals surface area (Å²) in [5.74, 6) is 0.0924. The van der Waals surface area contributed by atoms with Gasteiger partial charge in [0.25, 0.3) is 0 Å². The fourth-order valence-corrected chi connectivity index (χ4v) is 3.68. The molecule has 2 N–H and O–H groups in total. The molecule has 134 valence electrons. The van der Waals surface area contributed by atoms with Crippen LogP contribution < -0.4 is 10.7 Å². The predicted molar refractivity (Wildman–Crippen MR) is 108 cm³/mol. The quantitative estimate of drug-likeness (QED) is 0.621. The molecule has 0 spiro atoms. The van der Waals surface area contributed by atoms with Crippen molar-refractivity contribution in [3.05, 3.63) is 58.3 Å². The number of amides is 1. The first-order valence-corrected chi connectivity index (χ1v) is 9.88. The van der Waals surface area contributed by atoms with Crippen LogP contribution in [0.4, 0.5) is 0 Å². The van der Waals surface area contributed by atoms with Crippen molar-refractivity contribution in [3.63, 3.8) is 0 Å². The van der Waals surface area contributed by atoms with Gasteiger partial charge in [-0.15, -0.1) is 5.10 Å². The van der Waals surface area contributed by atoms with Crippen molar-refractivity contribution in [2.45, 2.75) is 25.9 Å². The van der Waals surface area contributed by atoms with Crippen molar-refractivity contribution in [1.29, 1.82) is 0 Å². The molecule has 0 unspecified atom stereocenters. The molecule has 2 heterocycles. The third-order valence-corrected chi connectivity index (χ3v) is 5.09. The van der Waals surface area contributed by atoms with Crippen LogP contribution in [-0.4, -0.2) is 26.8 Å². The van der Waals surface area contributed by atoms with Gasteiger partial charge in [-0.1, -0.05) is 53.4 Å². The zero-order chi connectivity index (χ0) is 18.5. The number of hydrazone groups is 1. The second kappa shape index (κ2) is 8.37. The van der Waals surface area contributed by atoms with E-state index in [1.807, 2.05) is 44.4 Å². The molecule has 0 saturated heterocycles. The van der Waals surface area contributed by atoms with E-state index in [0.29, 0.717) is 10.3 Å². The Bertz CT molecular complexity index is 857. The lowest BCUT2D eigenvalue weighted by molar-refractivity contribution is -0.117. The summed E-state index contributed by atoms with van der Waals surface area (Å²) in [5.41, 5.74) is 7.94. The molecule has 6 nitrogen and oxygen atoms in total. The zero-order valence-electron chi connectivity index (χ0n) is 14.7. The fraction of sp³-hybridized carbons (Fsp3) is 0.222. The number of amidine groups is 1. The van der Waals surface area contributed by atoms with Crippen molar-refractivity contribution in [3.8, 4) is 0 Å². The number of nitrogens with zero attached hydrogens (tertiary/aromatic N) is 3. The van der Waals surface area contributed by atoms with E-state index >= 15 is 0 Å². The zero-order valence-corrected chi connectivity index (χ0v) is 16.4. The van der Waals surface area contributed by atoms with Gasteiger partial charge in [-0.3, -0.25) is 10.2 Å². The number of hydrogen-bond acceptors (Lipinski definition) is 7. The van der Waals surface area contributed by atoms with Crippen LogP contribution in [0.15, 0.2) is 46.0 Å². The Morgan fingerprint density at radius 1 is 1.15 bits per heavy atom. The van der Waals surface area contributed by atoms with E-state index in [4.69, 9.17) is 0 Å². The Morgan fingerprint density at radius 2 is 1.85 bits per heavy atom. The number of carbonyl (C=O) groups is 1. The number of hydrogen-bond donors (Lipinski definition) is 2. The van der Waals surface area contributed by atoms with Crippen LogP contribution in [0.2, 0.25) is 0 Å². The molecule has 26 heavy (non-hydrogen) atoms.